The minimum atomic E-state index is -3.22. The van der Waals surface area contributed by atoms with Gasteiger partial charge in [-0.05, 0) is 49.6 Å². The Hall–Kier alpha value is -3.20. The zero-order valence-electron chi connectivity index (χ0n) is 20.0. The molecule has 1 saturated heterocycles. The standard InChI is InChI=1S/C25H29NO7S/c1-15-6-7-19-16(2)23(33-20(19)10-15)25(27)26(18-8-9-34(28,29)14-18)13-17-11-21(30-3)24(32-5)22(12-17)31-4/h6-7,10-12,18H,8-9,13-14H2,1-5H3/t18-/m0/s1. The summed E-state index contributed by atoms with van der Waals surface area (Å²) in [5.74, 6) is 1.20. The van der Waals surface area contributed by atoms with E-state index in [0.717, 1.165) is 22.1 Å². The van der Waals surface area contributed by atoms with Gasteiger partial charge < -0.3 is 23.5 Å². The molecule has 8 nitrogen and oxygen atoms in total. The van der Waals surface area contributed by atoms with Crippen molar-refractivity contribution in [1.82, 2.24) is 4.90 Å². The Kier molecular flexibility index (Phi) is 6.49. The average Bonchev–Trinajstić information content (AvgIpc) is 3.34. The summed E-state index contributed by atoms with van der Waals surface area (Å²) in [5, 5.41) is 0.862. The summed E-state index contributed by atoms with van der Waals surface area (Å²) in [7, 11) is 1.34. The predicted octanol–water partition coefficient (Wildman–Crippen LogP) is 3.90. The Morgan fingerprint density at radius 2 is 1.74 bits per heavy atom. The number of sulfone groups is 1. The van der Waals surface area contributed by atoms with Crippen LogP contribution in [-0.2, 0) is 16.4 Å². The molecule has 4 rings (SSSR count). The molecule has 0 spiro atoms. The number of benzene rings is 2. The fraction of sp³-hybridized carbons (Fsp3) is 0.400. The first-order chi connectivity index (χ1) is 16.2. The zero-order valence-corrected chi connectivity index (χ0v) is 20.8. The lowest BCUT2D eigenvalue weighted by Crippen LogP contribution is -2.40. The van der Waals surface area contributed by atoms with Gasteiger partial charge in [0.2, 0.25) is 5.75 Å². The molecule has 1 aromatic heterocycles. The minimum Gasteiger partial charge on any atom is -0.493 e. The average molecular weight is 488 g/mol. The van der Waals surface area contributed by atoms with E-state index in [-0.39, 0.29) is 29.7 Å². The number of carbonyl (C=O) groups is 1. The van der Waals surface area contributed by atoms with E-state index in [2.05, 4.69) is 0 Å². The Balaban J connectivity index is 1.77. The summed E-state index contributed by atoms with van der Waals surface area (Å²) < 4.78 is 46.8. The molecule has 1 aliphatic heterocycles. The summed E-state index contributed by atoms with van der Waals surface area (Å²) in [6.07, 6.45) is 0.372. The summed E-state index contributed by atoms with van der Waals surface area (Å²) in [6, 6.07) is 8.86. The molecule has 182 valence electrons. The summed E-state index contributed by atoms with van der Waals surface area (Å²) >= 11 is 0. The van der Waals surface area contributed by atoms with Crippen LogP contribution in [0, 0.1) is 13.8 Å². The molecule has 2 aromatic carbocycles. The Morgan fingerprint density at radius 1 is 1.06 bits per heavy atom. The fourth-order valence-electron chi connectivity index (χ4n) is 4.48. The molecular formula is C25H29NO7S. The zero-order chi connectivity index (χ0) is 24.6. The third-order valence-electron chi connectivity index (χ3n) is 6.28. The maximum Gasteiger partial charge on any atom is 0.290 e. The van der Waals surface area contributed by atoms with Crippen LogP contribution < -0.4 is 14.2 Å². The number of hydrogen-bond donors (Lipinski definition) is 0. The molecule has 0 saturated carbocycles. The molecule has 2 heterocycles. The Bertz CT molecular complexity index is 1320. The third kappa shape index (κ3) is 4.44. The van der Waals surface area contributed by atoms with Gasteiger partial charge in [0, 0.05) is 23.5 Å². The van der Waals surface area contributed by atoms with Crippen molar-refractivity contribution < 1.29 is 31.8 Å². The van der Waals surface area contributed by atoms with E-state index in [1.165, 1.54) is 21.3 Å². The number of carbonyl (C=O) groups excluding carboxylic acids is 1. The molecule has 3 aromatic rings. The summed E-state index contributed by atoms with van der Waals surface area (Å²) in [5.41, 5.74) is 3.11. The smallest absolute Gasteiger partial charge is 0.290 e. The van der Waals surface area contributed by atoms with Crippen LogP contribution in [0.3, 0.4) is 0 Å². The molecule has 0 bridgehead atoms. The molecule has 0 N–H and O–H groups in total. The SMILES string of the molecule is COc1cc(CN(C(=O)c2oc3cc(C)ccc3c2C)[C@H]2CCS(=O)(=O)C2)cc(OC)c1OC. The number of ether oxygens (including phenoxy) is 3. The molecule has 1 fully saturated rings. The third-order valence-corrected chi connectivity index (χ3v) is 8.03. The van der Waals surface area contributed by atoms with Gasteiger partial charge in [-0.3, -0.25) is 4.79 Å². The van der Waals surface area contributed by atoms with Crippen molar-refractivity contribution in [1.29, 1.82) is 0 Å². The lowest BCUT2D eigenvalue weighted by Gasteiger charge is -2.28. The second kappa shape index (κ2) is 9.21. The number of hydrogen-bond acceptors (Lipinski definition) is 7. The van der Waals surface area contributed by atoms with Gasteiger partial charge in [0.1, 0.15) is 5.58 Å². The molecule has 0 unspecified atom stereocenters. The van der Waals surface area contributed by atoms with Crippen LogP contribution in [0.5, 0.6) is 17.2 Å². The molecule has 9 heteroatoms. The minimum absolute atomic E-state index is 0.0506. The topological polar surface area (TPSA) is 95.3 Å². The van der Waals surface area contributed by atoms with Crippen LogP contribution in [0.4, 0.5) is 0 Å². The second-order valence-corrected chi connectivity index (χ2v) is 10.8. The summed E-state index contributed by atoms with van der Waals surface area (Å²) in [4.78, 5) is 15.4. The van der Waals surface area contributed by atoms with E-state index in [1.807, 2.05) is 32.0 Å². The number of fused-ring (bicyclic) bond motifs is 1. The highest BCUT2D eigenvalue weighted by molar-refractivity contribution is 7.91. The molecule has 1 amide bonds. The van der Waals surface area contributed by atoms with Crippen LogP contribution >= 0.6 is 0 Å². The van der Waals surface area contributed by atoms with E-state index < -0.39 is 15.9 Å². The highest BCUT2D eigenvalue weighted by atomic mass is 32.2. The van der Waals surface area contributed by atoms with Gasteiger partial charge in [-0.2, -0.15) is 0 Å². The van der Waals surface area contributed by atoms with Gasteiger partial charge >= 0.3 is 0 Å². The van der Waals surface area contributed by atoms with Gasteiger partial charge in [0.25, 0.3) is 5.91 Å². The fourth-order valence-corrected chi connectivity index (χ4v) is 6.21. The van der Waals surface area contributed by atoms with Crippen molar-refractivity contribution in [3.63, 3.8) is 0 Å². The molecular weight excluding hydrogens is 458 g/mol. The van der Waals surface area contributed by atoms with Crippen molar-refractivity contribution in [3.8, 4) is 17.2 Å². The normalized spacial score (nSPS) is 17.0. The lowest BCUT2D eigenvalue weighted by atomic mass is 10.1. The van der Waals surface area contributed by atoms with Crippen LogP contribution in [0.15, 0.2) is 34.7 Å². The van der Waals surface area contributed by atoms with Crippen molar-refractivity contribution >= 4 is 26.7 Å². The summed E-state index contributed by atoms with van der Waals surface area (Å²) in [6.45, 7) is 3.96. The number of nitrogens with zero attached hydrogens (tertiary/aromatic N) is 1. The maximum absolute atomic E-state index is 13.8. The first kappa shape index (κ1) is 23.9. The first-order valence-electron chi connectivity index (χ1n) is 11.0. The number of aryl methyl sites for hydroxylation is 2. The quantitative estimate of drug-likeness (QED) is 0.499. The highest BCUT2D eigenvalue weighted by Gasteiger charge is 2.37. The first-order valence-corrected chi connectivity index (χ1v) is 12.8. The second-order valence-electron chi connectivity index (χ2n) is 8.58. The van der Waals surface area contributed by atoms with E-state index in [9.17, 15) is 13.2 Å². The Labute approximate surface area is 199 Å². The lowest BCUT2D eigenvalue weighted by molar-refractivity contribution is 0.0649. The van der Waals surface area contributed by atoms with Crippen molar-refractivity contribution in [2.24, 2.45) is 0 Å². The van der Waals surface area contributed by atoms with E-state index in [1.54, 1.807) is 17.0 Å². The van der Waals surface area contributed by atoms with Crippen LogP contribution in [0.1, 0.15) is 33.7 Å². The van der Waals surface area contributed by atoms with E-state index in [4.69, 9.17) is 18.6 Å². The maximum atomic E-state index is 13.8. The van der Waals surface area contributed by atoms with Crippen molar-refractivity contribution in [2.45, 2.75) is 32.9 Å². The van der Waals surface area contributed by atoms with Crippen LogP contribution in [-0.4, -0.2) is 58.1 Å². The molecule has 1 atom stereocenters. The molecule has 0 radical (unpaired) electrons. The Morgan fingerprint density at radius 3 is 2.29 bits per heavy atom. The van der Waals surface area contributed by atoms with Gasteiger partial charge in [-0.1, -0.05) is 12.1 Å². The van der Waals surface area contributed by atoms with Gasteiger partial charge in [0.05, 0.1) is 32.8 Å². The number of furan rings is 1. The monoisotopic (exact) mass is 487 g/mol. The number of amides is 1. The molecule has 34 heavy (non-hydrogen) atoms. The highest BCUT2D eigenvalue weighted by Crippen LogP contribution is 2.39. The van der Waals surface area contributed by atoms with E-state index >= 15 is 0 Å². The molecule has 1 aliphatic rings. The van der Waals surface area contributed by atoms with Gasteiger partial charge in [0.15, 0.2) is 27.1 Å². The van der Waals surface area contributed by atoms with Gasteiger partial charge in [-0.25, -0.2) is 8.42 Å². The van der Waals surface area contributed by atoms with Crippen molar-refractivity contribution in [2.75, 3.05) is 32.8 Å². The van der Waals surface area contributed by atoms with Gasteiger partial charge in [-0.15, -0.1) is 0 Å². The number of rotatable bonds is 7. The van der Waals surface area contributed by atoms with Crippen LogP contribution in [0.25, 0.3) is 11.0 Å². The molecule has 0 aliphatic carbocycles. The number of methoxy groups -OCH3 is 3. The van der Waals surface area contributed by atoms with Crippen molar-refractivity contribution in [3.05, 3.63) is 52.8 Å². The predicted molar refractivity (Wildman–Crippen MR) is 129 cm³/mol. The van der Waals surface area contributed by atoms with Crippen LogP contribution in [0.2, 0.25) is 0 Å². The van der Waals surface area contributed by atoms with E-state index in [0.29, 0.717) is 29.3 Å². The largest absolute Gasteiger partial charge is 0.493 e.